The molecule has 2 atom stereocenters. The topological polar surface area (TPSA) is 61.4 Å². The molecule has 23 heavy (non-hydrogen) atoms. The lowest BCUT2D eigenvalue weighted by molar-refractivity contribution is -0.121. The fourth-order valence-electron chi connectivity index (χ4n) is 2.90. The fourth-order valence-corrected chi connectivity index (χ4v) is 2.90. The number of Topliss-reactive ketones (excluding diaryl/α,β-unsaturated/α-hetero) is 1. The van der Waals surface area contributed by atoms with Gasteiger partial charge in [-0.15, -0.1) is 12.4 Å². The third-order valence-electron chi connectivity index (χ3n) is 4.35. The molecular formula is C17H26ClN3O2. The summed E-state index contributed by atoms with van der Waals surface area (Å²) in [5.74, 6) is -0.109. The van der Waals surface area contributed by atoms with Crippen molar-refractivity contribution in [1.29, 1.82) is 0 Å². The van der Waals surface area contributed by atoms with Crippen LogP contribution in [0.2, 0.25) is 0 Å². The number of nitrogens with one attached hydrogen (secondary N) is 2. The molecule has 0 aromatic heterocycles. The number of nitrogens with zero attached hydrogens (tertiary/aromatic N) is 1. The Bertz CT molecular complexity index is 550. The highest BCUT2D eigenvalue weighted by Gasteiger charge is 2.27. The van der Waals surface area contributed by atoms with E-state index >= 15 is 0 Å². The maximum absolute atomic E-state index is 12.5. The van der Waals surface area contributed by atoms with Crippen LogP contribution in [0.15, 0.2) is 24.3 Å². The molecule has 1 heterocycles. The second-order valence-corrected chi connectivity index (χ2v) is 5.89. The summed E-state index contributed by atoms with van der Waals surface area (Å²) in [7, 11) is 1.96. The Hall–Kier alpha value is -1.43. The third kappa shape index (κ3) is 5.03. The Morgan fingerprint density at radius 3 is 2.65 bits per heavy atom. The summed E-state index contributed by atoms with van der Waals surface area (Å²) in [6.45, 7) is 5.24. The molecule has 0 saturated carbocycles. The van der Waals surface area contributed by atoms with Crippen LogP contribution in [0.5, 0.6) is 0 Å². The summed E-state index contributed by atoms with van der Waals surface area (Å²) in [5, 5.41) is 6.18. The summed E-state index contributed by atoms with van der Waals surface area (Å²) in [5.41, 5.74) is 1.14. The summed E-state index contributed by atoms with van der Waals surface area (Å²) in [4.78, 5) is 26.3. The van der Waals surface area contributed by atoms with Crippen LogP contribution in [-0.2, 0) is 4.79 Å². The van der Waals surface area contributed by atoms with Gasteiger partial charge in [0.2, 0.25) is 5.91 Å². The number of anilines is 1. The first-order chi connectivity index (χ1) is 10.5. The number of likely N-dealkylation sites (N-methyl/N-ethyl adjacent to an activating group) is 1. The quantitative estimate of drug-likeness (QED) is 0.808. The van der Waals surface area contributed by atoms with Gasteiger partial charge in [0.1, 0.15) is 0 Å². The van der Waals surface area contributed by atoms with Crippen LogP contribution in [0.1, 0.15) is 37.0 Å². The molecule has 2 unspecified atom stereocenters. The summed E-state index contributed by atoms with van der Waals surface area (Å²) < 4.78 is 0. The zero-order chi connectivity index (χ0) is 16.1. The van der Waals surface area contributed by atoms with E-state index in [9.17, 15) is 9.59 Å². The molecule has 1 aromatic rings. The van der Waals surface area contributed by atoms with Crippen LogP contribution < -0.4 is 10.6 Å². The number of hydrogen-bond donors (Lipinski definition) is 2. The van der Waals surface area contributed by atoms with Crippen molar-refractivity contribution in [2.24, 2.45) is 0 Å². The Morgan fingerprint density at radius 2 is 2.00 bits per heavy atom. The molecule has 1 fully saturated rings. The second kappa shape index (κ2) is 9.01. The normalized spacial score (nSPS) is 19.5. The van der Waals surface area contributed by atoms with Crippen molar-refractivity contribution in [3.05, 3.63) is 29.8 Å². The monoisotopic (exact) mass is 339 g/mol. The summed E-state index contributed by atoms with van der Waals surface area (Å²) in [6.07, 6.45) is 2.24. The highest BCUT2D eigenvalue weighted by atomic mass is 35.5. The summed E-state index contributed by atoms with van der Waals surface area (Å²) in [6, 6.07) is 7.36. The van der Waals surface area contributed by atoms with Gasteiger partial charge in [0.05, 0.1) is 11.7 Å². The molecule has 6 heteroatoms. The molecule has 1 aromatic carbocycles. The fraction of sp³-hybridized carbons (Fsp3) is 0.529. The van der Waals surface area contributed by atoms with Gasteiger partial charge in [-0.2, -0.15) is 0 Å². The van der Waals surface area contributed by atoms with Crippen molar-refractivity contribution in [2.75, 3.05) is 25.5 Å². The van der Waals surface area contributed by atoms with Crippen LogP contribution >= 0.6 is 12.4 Å². The van der Waals surface area contributed by atoms with E-state index < -0.39 is 0 Å². The van der Waals surface area contributed by atoms with Crippen molar-refractivity contribution in [3.63, 3.8) is 0 Å². The molecule has 1 aliphatic heterocycles. The largest absolute Gasteiger partial charge is 0.324 e. The molecule has 2 rings (SSSR count). The van der Waals surface area contributed by atoms with E-state index in [1.54, 1.807) is 18.2 Å². The maximum atomic E-state index is 12.5. The smallest absolute Gasteiger partial charge is 0.241 e. The first-order valence-corrected chi connectivity index (χ1v) is 7.85. The van der Waals surface area contributed by atoms with Gasteiger partial charge in [0.15, 0.2) is 5.78 Å². The SMILES string of the molecule is CNC1CCCN(C(C)C(=O)Nc2ccccc2C(C)=O)C1.Cl. The third-order valence-corrected chi connectivity index (χ3v) is 4.35. The molecule has 0 aliphatic carbocycles. The average molecular weight is 340 g/mol. The Morgan fingerprint density at radius 1 is 1.30 bits per heavy atom. The standard InChI is InChI=1S/C17H25N3O2.ClH/c1-12(20-10-6-7-14(11-20)18-3)17(22)19-16-9-5-4-8-15(16)13(2)21;/h4-5,8-9,12,14,18H,6-7,10-11H2,1-3H3,(H,19,22);1H. The minimum atomic E-state index is -0.212. The van der Waals surface area contributed by atoms with Crippen LogP contribution in [0, 0.1) is 0 Å². The van der Waals surface area contributed by atoms with Crippen molar-refractivity contribution in [3.8, 4) is 0 Å². The van der Waals surface area contributed by atoms with Crippen LogP contribution in [0.4, 0.5) is 5.69 Å². The Labute approximate surface area is 144 Å². The highest BCUT2D eigenvalue weighted by Crippen LogP contribution is 2.18. The minimum Gasteiger partial charge on any atom is -0.324 e. The molecule has 128 valence electrons. The van der Waals surface area contributed by atoms with Gasteiger partial charge in [0, 0.05) is 18.2 Å². The van der Waals surface area contributed by atoms with Gasteiger partial charge in [-0.3, -0.25) is 14.5 Å². The first-order valence-electron chi connectivity index (χ1n) is 7.85. The number of benzene rings is 1. The zero-order valence-corrected chi connectivity index (χ0v) is 14.8. The maximum Gasteiger partial charge on any atom is 0.241 e. The van der Waals surface area contributed by atoms with Gasteiger partial charge in [-0.05, 0) is 52.4 Å². The van der Waals surface area contributed by atoms with Gasteiger partial charge < -0.3 is 10.6 Å². The van der Waals surface area contributed by atoms with E-state index in [0.29, 0.717) is 17.3 Å². The van der Waals surface area contributed by atoms with E-state index in [-0.39, 0.29) is 30.1 Å². The van der Waals surface area contributed by atoms with Crippen molar-refractivity contribution >= 4 is 29.8 Å². The molecule has 1 saturated heterocycles. The second-order valence-electron chi connectivity index (χ2n) is 5.89. The number of ketones is 1. The van der Waals surface area contributed by atoms with Gasteiger partial charge >= 0.3 is 0 Å². The Kier molecular flexibility index (Phi) is 7.68. The minimum absolute atomic E-state index is 0. The van der Waals surface area contributed by atoms with Gasteiger partial charge in [-0.1, -0.05) is 12.1 Å². The van der Waals surface area contributed by atoms with E-state index in [4.69, 9.17) is 0 Å². The summed E-state index contributed by atoms with van der Waals surface area (Å²) >= 11 is 0. The van der Waals surface area contributed by atoms with Crippen LogP contribution in [0.25, 0.3) is 0 Å². The molecule has 1 aliphatic rings. The van der Waals surface area contributed by atoms with E-state index in [2.05, 4.69) is 15.5 Å². The molecule has 0 bridgehead atoms. The molecule has 0 radical (unpaired) electrons. The molecule has 2 N–H and O–H groups in total. The average Bonchev–Trinajstić information content (AvgIpc) is 2.54. The van der Waals surface area contributed by atoms with Crippen molar-refractivity contribution in [1.82, 2.24) is 10.2 Å². The number of carbonyl (C=O) groups excluding carboxylic acids is 2. The lowest BCUT2D eigenvalue weighted by Gasteiger charge is -2.36. The lowest BCUT2D eigenvalue weighted by Crippen LogP contribution is -2.51. The van der Waals surface area contributed by atoms with Gasteiger partial charge in [0.25, 0.3) is 0 Å². The number of carbonyl (C=O) groups is 2. The molecule has 5 nitrogen and oxygen atoms in total. The predicted octanol–water partition coefficient (Wildman–Crippen LogP) is 2.32. The number of piperidine rings is 1. The van der Waals surface area contributed by atoms with E-state index in [0.717, 1.165) is 25.9 Å². The lowest BCUT2D eigenvalue weighted by atomic mass is 10.0. The number of amides is 1. The number of rotatable bonds is 5. The molecular weight excluding hydrogens is 314 g/mol. The zero-order valence-electron chi connectivity index (χ0n) is 14.0. The van der Waals surface area contributed by atoms with E-state index in [1.807, 2.05) is 20.0 Å². The first kappa shape index (κ1) is 19.6. The predicted molar refractivity (Wildman–Crippen MR) is 95.4 cm³/mol. The van der Waals surface area contributed by atoms with Crippen molar-refractivity contribution in [2.45, 2.75) is 38.8 Å². The van der Waals surface area contributed by atoms with Crippen LogP contribution in [0.3, 0.4) is 0 Å². The highest BCUT2D eigenvalue weighted by molar-refractivity contribution is 6.04. The van der Waals surface area contributed by atoms with Gasteiger partial charge in [-0.25, -0.2) is 0 Å². The number of hydrogen-bond acceptors (Lipinski definition) is 4. The van der Waals surface area contributed by atoms with E-state index in [1.165, 1.54) is 6.92 Å². The molecule has 1 amide bonds. The Balaban J connectivity index is 0.00000264. The molecule has 0 spiro atoms. The van der Waals surface area contributed by atoms with Crippen LogP contribution in [-0.4, -0.2) is 48.8 Å². The van der Waals surface area contributed by atoms with Crippen molar-refractivity contribution < 1.29 is 9.59 Å². The number of likely N-dealkylation sites (tertiary alicyclic amines) is 1. The number of halogens is 1. The number of para-hydroxylation sites is 1.